The van der Waals surface area contributed by atoms with Gasteiger partial charge in [0.15, 0.2) is 5.82 Å². The number of aromatic nitrogens is 2. The molecule has 1 saturated heterocycles. The summed E-state index contributed by atoms with van der Waals surface area (Å²) < 4.78 is 18.4. The molecule has 28 heavy (non-hydrogen) atoms. The van der Waals surface area contributed by atoms with E-state index in [1.54, 1.807) is 11.0 Å². The second kappa shape index (κ2) is 8.08. The van der Waals surface area contributed by atoms with Crippen LogP contribution in [0, 0.1) is 5.82 Å². The molecule has 144 valence electrons. The Kier molecular flexibility index (Phi) is 5.36. The van der Waals surface area contributed by atoms with Gasteiger partial charge in [-0.15, -0.1) is 0 Å². The van der Waals surface area contributed by atoms with Crippen LogP contribution in [0.4, 0.5) is 4.39 Å². The minimum Gasteiger partial charge on any atom is -0.336 e. The molecular formula is C20H18ClFN4O2. The lowest BCUT2D eigenvalue weighted by Gasteiger charge is -2.34. The van der Waals surface area contributed by atoms with Crippen molar-refractivity contribution in [3.8, 4) is 11.5 Å². The van der Waals surface area contributed by atoms with E-state index in [2.05, 4.69) is 15.0 Å². The van der Waals surface area contributed by atoms with Crippen molar-refractivity contribution in [2.45, 2.75) is 6.54 Å². The minimum atomic E-state index is -0.349. The lowest BCUT2D eigenvalue weighted by atomic mass is 10.2. The molecule has 8 heteroatoms. The first kappa shape index (κ1) is 18.6. The molecule has 0 spiro atoms. The Balaban J connectivity index is 1.34. The molecule has 1 fully saturated rings. The van der Waals surface area contributed by atoms with E-state index in [4.69, 9.17) is 16.1 Å². The third-order valence-electron chi connectivity index (χ3n) is 4.69. The van der Waals surface area contributed by atoms with Crippen LogP contribution >= 0.6 is 11.6 Å². The van der Waals surface area contributed by atoms with Gasteiger partial charge in [0.25, 0.3) is 11.8 Å². The summed E-state index contributed by atoms with van der Waals surface area (Å²) in [4.78, 5) is 20.9. The number of piperazine rings is 1. The Bertz CT molecular complexity index is 968. The molecule has 4 rings (SSSR count). The predicted molar refractivity (Wildman–Crippen MR) is 102 cm³/mol. The monoisotopic (exact) mass is 400 g/mol. The molecule has 2 aromatic carbocycles. The summed E-state index contributed by atoms with van der Waals surface area (Å²) in [6.07, 6.45) is 0. The van der Waals surface area contributed by atoms with Gasteiger partial charge in [-0.3, -0.25) is 9.69 Å². The van der Waals surface area contributed by atoms with Crippen LogP contribution in [-0.2, 0) is 6.54 Å². The standard InChI is InChI=1S/C20H18ClFN4O2/c21-17-4-2-1-3-16(17)19-23-18(24-28-19)13-25-9-11-26(12-10-25)20(27)14-5-7-15(22)8-6-14/h1-8H,9-13H2. The number of carbonyl (C=O) groups excluding carboxylic acids is 1. The van der Waals surface area contributed by atoms with E-state index in [9.17, 15) is 9.18 Å². The third-order valence-corrected chi connectivity index (χ3v) is 5.02. The van der Waals surface area contributed by atoms with Crippen LogP contribution in [0.15, 0.2) is 53.1 Å². The van der Waals surface area contributed by atoms with E-state index >= 15 is 0 Å². The highest BCUT2D eigenvalue weighted by atomic mass is 35.5. The van der Waals surface area contributed by atoms with Crippen LogP contribution in [0.1, 0.15) is 16.2 Å². The molecule has 0 N–H and O–H groups in total. The average Bonchev–Trinajstić information content (AvgIpc) is 3.17. The summed E-state index contributed by atoms with van der Waals surface area (Å²) in [5.41, 5.74) is 1.20. The number of benzene rings is 2. The van der Waals surface area contributed by atoms with E-state index in [1.807, 2.05) is 18.2 Å². The lowest BCUT2D eigenvalue weighted by molar-refractivity contribution is 0.0624. The fraction of sp³-hybridized carbons (Fsp3) is 0.250. The van der Waals surface area contributed by atoms with E-state index in [0.29, 0.717) is 60.6 Å². The number of nitrogens with zero attached hydrogens (tertiary/aromatic N) is 4. The first-order chi connectivity index (χ1) is 13.6. The second-order valence-corrected chi connectivity index (χ2v) is 6.98. The van der Waals surface area contributed by atoms with Crippen molar-refractivity contribution in [2.75, 3.05) is 26.2 Å². The van der Waals surface area contributed by atoms with Crippen molar-refractivity contribution in [1.29, 1.82) is 0 Å². The van der Waals surface area contributed by atoms with Gasteiger partial charge in [0.1, 0.15) is 5.82 Å². The van der Waals surface area contributed by atoms with Gasteiger partial charge in [-0.2, -0.15) is 4.98 Å². The topological polar surface area (TPSA) is 62.5 Å². The highest BCUT2D eigenvalue weighted by molar-refractivity contribution is 6.33. The molecule has 3 aromatic rings. The molecule has 0 atom stereocenters. The van der Waals surface area contributed by atoms with Gasteiger partial charge < -0.3 is 9.42 Å². The highest BCUT2D eigenvalue weighted by Gasteiger charge is 2.23. The summed E-state index contributed by atoms with van der Waals surface area (Å²) in [6.45, 7) is 3.11. The Labute approximate surface area is 166 Å². The number of rotatable bonds is 4. The first-order valence-electron chi connectivity index (χ1n) is 8.95. The van der Waals surface area contributed by atoms with E-state index in [0.717, 1.165) is 0 Å². The highest BCUT2D eigenvalue weighted by Crippen LogP contribution is 2.26. The average molecular weight is 401 g/mol. The molecule has 0 saturated carbocycles. The van der Waals surface area contributed by atoms with Crippen molar-refractivity contribution < 1.29 is 13.7 Å². The van der Waals surface area contributed by atoms with Gasteiger partial charge in [-0.05, 0) is 36.4 Å². The van der Waals surface area contributed by atoms with Crippen LogP contribution in [0.5, 0.6) is 0 Å². The van der Waals surface area contributed by atoms with E-state index in [1.165, 1.54) is 24.3 Å². The van der Waals surface area contributed by atoms with Gasteiger partial charge in [0.05, 0.1) is 17.1 Å². The first-order valence-corrected chi connectivity index (χ1v) is 9.32. The van der Waals surface area contributed by atoms with Gasteiger partial charge in [0.2, 0.25) is 0 Å². The Morgan fingerprint density at radius 2 is 1.79 bits per heavy atom. The van der Waals surface area contributed by atoms with Gasteiger partial charge in [-0.1, -0.05) is 28.9 Å². The zero-order valence-electron chi connectivity index (χ0n) is 15.0. The predicted octanol–water partition coefficient (Wildman–Crippen LogP) is 3.49. The fourth-order valence-corrected chi connectivity index (χ4v) is 3.36. The quantitative estimate of drug-likeness (QED) is 0.671. The SMILES string of the molecule is O=C(c1ccc(F)cc1)N1CCN(Cc2noc(-c3ccccc3Cl)n2)CC1. The molecule has 1 amide bonds. The number of hydrogen-bond donors (Lipinski definition) is 0. The molecular weight excluding hydrogens is 383 g/mol. The molecule has 1 aliphatic heterocycles. The zero-order valence-corrected chi connectivity index (χ0v) is 15.8. The van der Waals surface area contributed by atoms with Gasteiger partial charge >= 0.3 is 0 Å². The van der Waals surface area contributed by atoms with E-state index in [-0.39, 0.29) is 11.7 Å². The minimum absolute atomic E-state index is 0.0831. The van der Waals surface area contributed by atoms with Crippen molar-refractivity contribution in [3.05, 3.63) is 70.8 Å². The maximum Gasteiger partial charge on any atom is 0.259 e. The van der Waals surface area contributed by atoms with Crippen molar-refractivity contribution >= 4 is 17.5 Å². The molecule has 6 nitrogen and oxygen atoms in total. The Morgan fingerprint density at radius 3 is 2.50 bits per heavy atom. The van der Waals surface area contributed by atoms with Crippen LogP contribution in [0.2, 0.25) is 5.02 Å². The zero-order chi connectivity index (χ0) is 19.5. The lowest BCUT2D eigenvalue weighted by Crippen LogP contribution is -2.48. The normalized spacial score (nSPS) is 15.0. The van der Waals surface area contributed by atoms with Crippen LogP contribution in [-0.4, -0.2) is 52.0 Å². The van der Waals surface area contributed by atoms with Gasteiger partial charge in [0, 0.05) is 31.7 Å². The molecule has 0 bridgehead atoms. The van der Waals surface area contributed by atoms with Crippen molar-refractivity contribution in [3.63, 3.8) is 0 Å². The number of amides is 1. The number of carbonyl (C=O) groups is 1. The largest absolute Gasteiger partial charge is 0.336 e. The van der Waals surface area contributed by atoms with Crippen LogP contribution in [0.3, 0.4) is 0 Å². The molecule has 0 aliphatic carbocycles. The molecule has 0 unspecified atom stereocenters. The Hall–Kier alpha value is -2.77. The number of hydrogen-bond acceptors (Lipinski definition) is 5. The smallest absolute Gasteiger partial charge is 0.259 e. The molecule has 1 aliphatic rings. The summed E-state index contributed by atoms with van der Waals surface area (Å²) in [5, 5.41) is 4.60. The number of halogens is 2. The molecule has 0 radical (unpaired) electrons. The summed E-state index contributed by atoms with van der Waals surface area (Å²) in [5.74, 6) is 0.539. The second-order valence-electron chi connectivity index (χ2n) is 6.57. The van der Waals surface area contributed by atoms with E-state index < -0.39 is 0 Å². The maximum atomic E-state index is 13.0. The summed E-state index contributed by atoms with van der Waals surface area (Å²) >= 11 is 6.17. The molecule has 2 heterocycles. The fourth-order valence-electron chi connectivity index (χ4n) is 3.15. The van der Waals surface area contributed by atoms with Crippen molar-refractivity contribution in [1.82, 2.24) is 19.9 Å². The third kappa shape index (κ3) is 4.05. The van der Waals surface area contributed by atoms with Crippen molar-refractivity contribution in [2.24, 2.45) is 0 Å². The summed E-state index contributed by atoms with van der Waals surface area (Å²) in [7, 11) is 0. The maximum absolute atomic E-state index is 13.0. The summed E-state index contributed by atoms with van der Waals surface area (Å²) in [6, 6.07) is 12.9. The van der Waals surface area contributed by atoms with Gasteiger partial charge in [-0.25, -0.2) is 4.39 Å². The van der Waals surface area contributed by atoms with Crippen LogP contribution in [0.25, 0.3) is 11.5 Å². The molecule has 1 aromatic heterocycles. The van der Waals surface area contributed by atoms with Crippen LogP contribution < -0.4 is 0 Å². The Morgan fingerprint density at radius 1 is 1.07 bits per heavy atom.